The Morgan fingerprint density at radius 2 is 1.15 bits per heavy atom. The molecule has 0 aromatic heterocycles. The SMILES string of the molecule is O=C=Nc1ccc(Oc2ccc(Oc3ccc(N=C=O)cc3)c(C=Cc3ccccc3)c2)cc1. The summed E-state index contributed by atoms with van der Waals surface area (Å²) in [7, 11) is 0. The number of hydrogen-bond donors (Lipinski definition) is 0. The van der Waals surface area contributed by atoms with Crippen molar-refractivity contribution in [3.63, 3.8) is 0 Å². The van der Waals surface area contributed by atoms with Gasteiger partial charge in [0.15, 0.2) is 0 Å². The van der Waals surface area contributed by atoms with Gasteiger partial charge in [0, 0.05) is 5.56 Å². The number of isocyanates is 2. The average Bonchev–Trinajstić information content (AvgIpc) is 2.87. The van der Waals surface area contributed by atoms with Crippen molar-refractivity contribution >= 4 is 35.7 Å². The van der Waals surface area contributed by atoms with Crippen molar-refractivity contribution in [3.05, 3.63) is 108 Å². The quantitative estimate of drug-likeness (QED) is 0.161. The summed E-state index contributed by atoms with van der Waals surface area (Å²) in [6, 6.07) is 29.0. The molecule has 4 aromatic rings. The summed E-state index contributed by atoms with van der Waals surface area (Å²) in [5.74, 6) is 2.44. The van der Waals surface area contributed by atoms with E-state index in [2.05, 4.69) is 9.98 Å². The lowest BCUT2D eigenvalue weighted by Gasteiger charge is -2.12. The molecule has 0 unspecified atom stereocenters. The van der Waals surface area contributed by atoms with Crippen LogP contribution in [0.5, 0.6) is 23.0 Å². The number of carbonyl (C=O) groups excluding carboxylic acids is 2. The van der Waals surface area contributed by atoms with Crippen molar-refractivity contribution in [3.8, 4) is 23.0 Å². The van der Waals surface area contributed by atoms with Gasteiger partial charge < -0.3 is 9.47 Å². The Bertz CT molecular complexity index is 1380. The van der Waals surface area contributed by atoms with Gasteiger partial charge in [0.25, 0.3) is 0 Å². The second-order valence-electron chi connectivity index (χ2n) is 7.04. The number of hydrogen-bond acceptors (Lipinski definition) is 6. The summed E-state index contributed by atoms with van der Waals surface area (Å²) in [5, 5.41) is 0. The number of nitrogens with zero attached hydrogens (tertiary/aromatic N) is 2. The molecule has 0 fully saturated rings. The van der Waals surface area contributed by atoms with E-state index < -0.39 is 0 Å². The van der Waals surface area contributed by atoms with E-state index >= 15 is 0 Å². The molecule has 164 valence electrons. The first-order valence-corrected chi connectivity index (χ1v) is 10.3. The minimum absolute atomic E-state index is 0.500. The molecule has 0 spiro atoms. The molecule has 0 atom stereocenters. The van der Waals surface area contributed by atoms with Gasteiger partial charge in [0.1, 0.15) is 23.0 Å². The average molecular weight is 446 g/mol. The lowest BCUT2D eigenvalue weighted by molar-refractivity contribution is 0.468. The third-order valence-electron chi connectivity index (χ3n) is 4.72. The Morgan fingerprint density at radius 1 is 0.588 bits per heavy atom. The van der Waals surface area contributed by atoms with Gasteiger partial charge in [-0.25, -0.2) is 9.59 Å². The topological polar surface area (TPSA) is 77.3 Å². The summed E-state index contributed by atoms with van der Waals surface area (Å²) in [6.07, 6.45) is 6.97. The molecule has 0 saturated carbocycles. The van der Waals surface area contributed by atoms with Gasteiger partial charge in [-0.15, -0.1) is 0 Å². The maximum absolute atomic E-state index is 10.4. The van der Waals surface area contributed by atoms with Gasteiger partial charge in [0.2, 0.25) is 12.2 Å². The van der Waals surface area contributed by atoms with Crippen LogP contribution in [-0.2, 0) is 9.59 Å². The standard InChI is InChI=1S/C28H18N2O4/c31-19-29-23-8-12-25(13-9-23)33-27-16-17-28(34-26-14-10-24(11-15-26)30-20-32)22(18-27)7-6-21-4-2-1-3-5-21/h1-18H. The number of aliphatic imine (C=N–C) groups is 2. The number of benzene rings is 4. The van der Waals surface area contributed by atoms with E-state index in [4.69, 9.17) is 9.47 Å². The normalized spacial score (nSPS) is 10.2. The second-order valence-corrected chi connectivity index (χ2v) is 7.04. The van der Waals surface area contributed by atoms with Gasteiger partial charge in [-0.3, -0.25) is 0 Å². The molecule has 6 heteroatoms. The highest BCUT2D eigenvalue weighted by atomic mass is 16.5. The molecular formula is C28H18N2O4. The largest absolute Gasteiger partial charge is 0.457 e. The van der Waals surface area contributed by atoms with Gasteiger partial charge >= 0.3 is 0 Å². The zero-order valence-corrected chi connectivity index (χ0v) is 17.9. The van der Waals surface area contributed by atoms with Crippen LogP contribution in [0.25, 0.3) is 12.2 Å². The van der Waals surface area contributed by atoms with Crippen LogP contribution in [0.4, 0.5) is 11.4 Å². The molecule has 0 heterocycles. The Balaban J connectivity index is 1.62. The summed E-state index contributed by atoms with van der Waals surface area (Å²) in [6.45, 7) is 0. The highest BCUT2D eigenvalue weighted by Gasteiger charge is 2.07. The zero-order valence-electron chi connectivity index (χ0n) is 17.9. The third kappa shape index (κ3) is 6.02. The lowest BCUT2D eigenvalue weighted by atomic mass is 10.1. The van der Waals surface area contributed by atoms with Crippen molar-refractivity contribution in [2.75, 3.05) is 0 Å². The summed E-state index contributed by atoms with van der Waals surface area (Å²) in [4.78, 5) is 28.0. The van der Waals surface area contributed by atoms with Gasteiger partial charge in [-0.2, -0.15) is 9.98 Å². The van der Waals surface area contributed by atoms with E-state index in [1.807, 2.05) is 54.6 Å². The van der Waals surface area contributed by atoms with E-state index in [-0.39, 0.29) is 0 Å². The molecule has 0 aliphatic heterocycles. The first-order chi connectivity index (χ1) is 16.7. The fourth-order valence-electron chi connectivity index (χ4n) is 3.11. The monoisotopic (exact) mass is 446 g/mol. The van der Waals surface area contributed by atoms with Crippen molar-refractivity contribution in [1.29, 1.82) is 0 Å². The molecule has 4 aromatic carbocycles. The van der Waals surface area contributed by atoms with E-state index in [0.717, 1.165) is 11.1 Å². The van der Waals surface area contributed by atoms with Crippen molar-refractivity contribution in [1.82, 2.24) is 0 Å². The molecular weight excluding hydrogens is 428 g/mol. The molecule has 0 N–H and O–H groups in total. The van der Waals surface area contributed by atoms with Crippen molar-refractivity contribution in [2.24, 2.45) is 9.98 Å². The van der Waals surface area contributed by atoms with Crippen LogP contribution in [0, 0.1) is 0 Å². The van der Waals surface area contributed by atoms with Crippen molar-refractivity contribution in [2.45, 2.75) is 0 Å². The Hall–Kier alpha value is -5.02. The smallest absolute Gasteiger partial charge is 0.240 e. The van der Waals surface area contributed by atoms with Gasteiger partial charge in [-0.1, -0.05) is 42.5 Å². The minimum atomic E-state index is 0.500. The number of ether oxygens (including phenoxy) is 2. The fourth-order valence-corrected chi connectivity index (χ4v) is 3.11. The molecule has 0 amide bonds. The first kappa shape index (κ1) is 22.2. The highest BCUT2D eigenvalue weighted by molar-refractivity contribution is 5.73. The predicted molar refractivity (Wildman–Crippen MR) is 130 cm³/mol. The fraction of sp³-hybridized carbons (Fsp3) is 0. The van der Waals surface area contributed by atoms with Crippen LogP contribution in [0.1, 0.15) is 11.1 Å². The van der Waals surface area contributed by atoms with Gasteiger partial charge in [0.05, 0.1) is 11.4 Å². The number of rotatable bonds is 8. The molecule has 0 radical (unpaired) electrons. The molecule has 0 aliphatic rings. The summed E-state index contributed by atoms with van der Waals surface area (Å²) in [5.41, 5.74) is 2.85. The summed E-state index contributed by atoms with van der Waals surface area (Å²) < 4.78 is 12.1. The third-order valence-corrected chi connectivity index (χ3v) is 4.72. The Morgan fingerprint density at radius 3 is 1.74 bits per heavy atom. The van der Waals surface area contributed by atoms with E-state index in [9.17, 15) is 9.59 Å². The van der Waals surface area contributed by atoms with E-state index in [1.54, 1.807) is 54.6 Å². The molecule has 6 nitrogen and oxygen atoms in total. The van der Waals surface area contributed by atoms with Crippen LogP contribution in [-0.4, -0.2) is 12.2 Å². The Kier molecular flexibility index (Phi) is 7.19. The lowest BCUT2D eigenvalue weighted by Crippen LogP contribution is -1.90. The van der Waals surface area contributed by atoms with Crippen LogP contribution >= 0.6 is 0 Å². The van der Waals surface area contributed by atoms with Crippen LogP contribution in [0.2, 0.25) is 0 Å². The van der Waals surface area contributed by atoms with Crippen LogP contribution < -0.4 is 9.47 Å². The molecule has 34 heavy (non-hydrogen) atoms. The minimum Gasteiger partial charge on any atom is -0.457 e. The van der Waals surface area contributed by atoms with E-state index in [1.165, 1.54) is 12.2 Å². The van der Waals surface area contributed by atoms with Crippen molar-refractivity contribution < 1.29 is 19.1 Å². The Labute approximate surface area is 196 Å². The maximum Gasteiger partial charge on any atom is 0.240 e. The zero-order chi connectivity index (χ0) is 23.6. The molecule has 0 aliphatic carbocycles. The molecule has 0 bridgehead atoms. The van der Waals surface area contributed by atoms with Gasteiger partial charge in [-0.05, 0) is 72.3 Å². The maximum atomic E-state index is 10.4. The summed E-state index contributed by atoms with van der Waals surface area (Å²) >= 11 is 0. The molecule has 0 saturated heterocycles. The second kappa shape index (κ2) is 11.0. The highest BCUT2D eigenvalue weighted by Crippen LogP contribution is 2.33. The predicted octanol–water partition coefficient (Wildman–Crippen LogP) is 7.38. The van der Waals surface area contributed by atoms with Crippen LogP contribution in [0.15, 0.2) is 107 Å². The molecule has 4 rings (SSSR count). The van der Waals surface area contributed by atoms with E-state index in [0.29, 0.717) is 34.4 Å². The first-order valence-electron chi connectivity index (χ1n) is 10.3. The van der Waals surface area contributed by atoms with Crippen LogP contribution in [0.3, 0.4) is 0 Å².